The molecule has 2 N–H and O–H groups in total. The van der Waals surface area contributed by atoms with Gasteiger partial charge in [-0.1, -0.05) is 31.5 Å². The van der Waals surface area contributed by atoms with Gasteiger partial charge >= 0.3 is 6.01 Å². The van der Waals surface area contributed by atoms with E-state index in [0.29, 0.717) is 42.2 Å². The molecule has 4 saturated heterocycles. The summed E-state index contributed by atoms with van der Waals surface area (Å²) in [5.74, 6) is -0.198. The molecule has 2 aromatic heterocycles. The third-order valence-corrected chi connectivity index (χ3v) is 12.1. The van der Waals surface area contributed by atoms with E-state index in [1.807, 2.05) is 0 Å². The minimum atomic E-state index is -0.918. The van der Waals surface area contributed by atoms with Gasteiger partial charge in [0.05, 0.1) is 20.8 Å². The third-order valence-electron chi connectivity index (χ3n) is 10.8. The van der Waals surface area contributed by atoms with Crippen LogP contribution in [0.4, 0.5) is 24.0 Å². The summed E-state index contributed by atoms with van der Waals surface area (Å²) in [5, 5.41) is 10.8. The lowest BCUT2D eigenvalue weighted by atomic mass is 9.95. The van der Waals surface area contributed by atoms with Crippen LogP contribution in [0.5, 0.6) is 6.01 Å². The van der Waals surface area contributed by atoms with E-state index >= 15 is 4.39 Å². The van der Waals surface area contributed by atoms with Crippen molar-refractivity contribution in [3.8, 4) is 23.2 Å². The molecule has 2 unspecified atom stereocenters. The van der Waals surface area contributed by atoms with Gasteiger partial charge in [0.1, 0.15) is 41.0 Å². The number of alkyl halides is 1. The minimum Gasteiger partial charge on any atom is -0.461 e. The van der Waals surface area contributed by atoms with Crippen molar-refractivity contribution in [1.82, 2.24) is 19.8 Å². The Labute approximate surface area is 286 Å². The summed E-state index contributed by atoms with van der Waals surface area (Å²) in [4.78, 5) is 16.5. The number of nitrogens with zero attached hydrogens (tertiary/aromatic N) is 6. The second kappa shape index (κ2) is 11.9. The van der Waals surface area contributed by atoms with Crippen LogP contribution in [0.25, 0.3) is 32.1 Å². The topological polar surface area (TPSA) is 94.5 Å². The summed E-state index contributed by atoms with van der Waals surface area (Å²) in [6, 6.07) is 7.07. The van der Waals surface area contributed by atoms with Crippen LogP contribution in [0, 0.1) is 28.9 Å². The number of halogens is 4. The van der Waals surface area contributed by atoms with E-state index in [0.717, 1.165) is 63.2 Å². The minimum absolute atomic E-state index is 0.00230. The van der Waals surface area contributed by atoms with E-state index in [9.17, 15) is 14.0 Å². The Morgan fingerprint density at radius 1 is 1.19 bits per heavy atom. The summed E-state index contributed by atoms with van der Waals surface area (Å²) >= 11 is 7.85. The number of rotatable bonds is 7. The molecule has 4 fully saturated rings. The molecular formula is C35H37ClF3N7OS. The number of fused-ring (bicyclic) bond motifs is 5. The molecule has 252 valence electrons. The quantitative estimate of drug-likeness (QED) is 0.218. The lowest BCUT2D eigenvalue weighted by molar-refractivity contribution is 0.107. The van der Waals surface area contributed by atoms with E-state index in [2.05, 4.69) is 39.6 Å². The smallest absolute Gasteiger partial charge is 0.319 e. The fourth-order valence-corrected chi connectivity index (χ4v) is 9.99. The predicted octanol–water partition coefficient (Wildman–Crippen LogP) is 7.16. The van der Waals surface area contributed by atoms with Crippen LogP contribution < -0.4 is 15.4 Å². The maximum absolute atomic E-state index is 17.1. The second-order valence-electron chi connectivity index (χ2n) is 14.3. The molecule has 13 heteroatoms. The summed E-state index contributed by atoms with van der Waals surface area (Å²) in [6.45, 7) is 8.32. The van der Waals surface area contributed by atoms with Gasteiger partial charge in [0.15, 0.2) is 5.82 Å². The van der Waals surface area contributed by atoms with Gasteiger partial charge in [-0.3, -0.25) is 9.80 Å². The van der Waals surface area contributed by atoms with Gasteiger partial charge in [-0.2, -0.15) is 15.2 Å². The van der Waals surface area contributed by atoms with Crippen molar-refractivity contribution in [3.05, 3.63) is 40.4 Å². The van der Waals surface area contributed by atoms with Crippen LogP contribution in [-0.2, 0) is 0 Å². The number of anilines is 2. The van der Waals surface area contributed by atoms with E-state index in [4.69, 9.17) is 27.1 Å². The van der Waals surface area contributed by atoms with Crippen LogP contribution in [0.2, 0.25) is 5.02 Å². The molecule has 0 amide bonds. The Morgan fingerprint density at radius 3 is 2.69 bits per heavy atom. The zero-order chi connectivity index (χ0) is 33.5. The predicted molar refractivity (Wildman–Crippen MR) is 184 cm³/mol. The van der Waals surface area contributed by atoms with Gasteiger partial charge in [0.2, 0.25) is 0 Å². The number of nitrogen functional groups attached to an aromatic ring is 1. The highest BCUT2D eigenvalue weighted by Gasteiger charge is 2.49. The van der Waals surface area contributed by atoms with Crippen molar-refractivity contribution >= 4 is 54.7 Å². The molecule has 4 atom stereocenters. The standard InChI is InChI=1S/C35H37ClF3N7OS/c1-18(2)13-46-20-4-5-21(46)16-44(15-20)33-23-10-25(36)28(22-6-7-26(38)31-27(22)24(12-40)32(41)48-31)29(39)30(23)42-34(43-33)47-17-35-8-3-9-45(35)14-19(37)11-35/h6-7,10,18-21H,3-5,8-9,11,13-17,41H2,1-2H3/t19-,20?,21?,35+/m1/s1. The van der Waals surface area contributed by atoms with Crippen molar-refractivity contribution in [3.63, 3.8) is 0 Å². The fourth-order valence-electron chi connectivity index (χ4n) is 8.75. The Hall–Kier alpha value is -3.37. The highest BCUT2D eigenvalue weighted by Crippen LogP contribution is 2.47. The van der Waals surface area contributed by atoms with E-state index in [1.165, 1.54) is 12.1 Å². The van der Waals surface area contributed by atoms with Crippen LogP contribution in [0.15, 0.2) is 18.2 Å². The molecule has 0 saturated carbocycles. The molecular weight excluding hydrogens is 659 g/mol. The number of aromatic nitrogens is 2. The Bertz CT molecular complexity index is 1970. The number of ether oxygens (including phenoxy) is 1. The monoisotopic (exact) mass is 695 g/mol. The van der Waals surface area contributed by atoms with Gasteiger partial charge in [0, 0.05) is 61.0 Å². The van der Waals surface area contributed by atoms with Gasteiger partial charge in [-0.05, 0) is 55.8 Å². The molecule has 6 heterocycles. The first-order valence-electron chi connectivity index (χ1n) is 16.7. The van der Waals surface area contributed by atoms with Crippen LogP contribution in [-0.4, -0.2) is 82.9 Å². The SMILES string of the molecule is CC(C)CN1C2CCC1CN(c1nc(OC[C@@]34CCCN3C[C@H](F)C4)nc3c(F)c(-c4ccc(F)c5sc(N)c(C#N)c45)c(Cl)cc13)C2. The maximum atomic E-state index is 17.1. The van der Waals surface area contributed by atoms with Crippen molar-refractivity contribution in [2.45, 2.75) is 69.7 Å². The Morgan fingerprint density at radius 2 is 1.96 bits per heavy atom. The zero-order valence-corrected chi connectivity index (χ0v) is 28.5. The van der Waals surface area contributed by atoms with Gasteiger partial charge in [-0.25, -0.2) is 13.2 Å². The molecule has 8 rings (SSSR count). The van der Waals surface area contributed by atoms with Crippen LogP contribution >= 0.6 is 22.9 Å². The largest absolute Gasteiger partial charge is 0.461 e. The van der Waals surface area contributed by atoms with Crippen molar-refractivity contribution in [1.29, 1.82) is 5.26 Å². The average molecular weight is 696 g/mol. The zero-order valence-electron chi connectivity index (χ0n) is 26.9. The molecule has 0 radical (unpaired) electrons. The Balaban J connectivity index is 1.26. The summed E-state index contributed by atoms with van der Waals surface area (Å²) in [7, 11) is 0. The summed E-state index contributed by atoms with van der Waals surface area (Å²) in [5.41, 5.74) is 6.00. The number of nitrogens with two attached hydrogens (primary N) is 1. The van der Waals surface area contributed by atoms with Crippen LogP contribution in [0.1, 0.15) is 51.5 Å². The van der Waals surface area contributed by atoms with Crippen molar-refractivity contribution < 1.29 is 17.9 Å². The highest BCUT2D eigenvalue weighted by atomic mass is 35.5. The third kappa shape index (κ3) is 5.08. The van der Waals surface area contributed by atoms with Gasteiger partial charge in [-0.15, -0.1) is 11.3 Å². The van der Waals surface area contributed by atoms with E-state index in [-0.39, 0.29) is 54.9 Å². The van der Waals surface area contributed by atoms with Gasteiger partial charge < -0.3 is 15.4 Å². The van der Waals surface area contributed by atoms with Crippen molar-refractivity contribution in [2.75, 3.05) is 50.0 Å². The number of thiophene rings is 1. The van der Waals surface area contributed by atoms with Gasteiger partial charge in [0.25, 0.3) is 0 Å². The number of hydrogen-bond acceptors (Lipinski definition) is 9. The second-order valence-corrected chi connectivity index (χ2v) is 15.7. The molecule has 4 aliphatic heterocycles. The summed E-state index contributed by atoms with van der Waals surface area (Å²) in [6.07, 6.45) is 3.40. The molecule has 2 bridgehead atoms. The van der Waals surface area contributed by atoms with Crippen molar-refractivity contribution in [2.24, 2.45) is 5.92 Å². The number of piperazine rings is 1. The molecule has 0 aliphatic carbocycles. The molecule has 4 aliphatic rings. The molecule has 48 heavy (non-hydrogen) atoms. The molecule has 0 spiro atoms. The first kappa shape index (κ1) is 31.9. The average Bonchev–Trinajstić information content (AvgIpc) is 3.74. The number of benzene rings is 2. The first-order valence-corrected chi connectivity index (χ1v) is 17.9. The lowest BCUT2D eigenvalue weighted by Gasteiger charge is -2.42. The van der Waals surface area contributed by atoms with E-state index in [1.54, 1.807) is 6.07 Å². The molecule has 8 nitrogen and oxygen atoms in total. The number of hydrogen-bond donors (Lipinski definition) is 1. The lowest BCUT2D eigenvalue weighted by Crippen LogP contribution is -2.54. The Kier molecular flexibility index (Phi) is 7.90. The molecule has 2 aromatic carbocycles. The fraction of sp³-hybridized carbons (Fsp3) is 0.514. The normalized spacial score (nSPS) is 25.9. The summed E-state index contributed by atoms with van der Waals surface area (Å²) < 4.78 is 53.0. The number of nitriles is 1. The van der Waals surface area contributed by atoms with E-state index < -0.39 is 23.3 Å². The highest BCUT2D eigenvalue weighted by molar-refractivity contribution is 7.23. The van der Waals surface area contributed by atoms with Crippen LogP contribution in [0.3, 0.4) is 0 Å². The molecule has 4 aromatic rings. The maximum Gasteiger partial charge on any atom is 0.319 e. The first-order chi connectivity index (χ1) is 23.1.